The number of rotatable bonds is 4. The lowest BCUT2D eigenvalue weighted by Crippen LogP contribution is -2.20. The Morgan fingerprint density at radius 2 is 2.21 bits per heavy atom. The Labute approximate surface area is 82.8 Å². The molecule has 1 amide bonds. The molecular formula is C10H14N2O2. The van der Waals surface area contributed by atoms with Crippen LogP contribution in [0.3, 0.4) is 0 Å². The van der Waals surface area contributed by atoms with Crippen molar-refractivity contribution >= 4 is 5.91 Å². The van der Waals surface area contributed by atoms with Crippen LogP contribution in [0.2, 0.25) is 0 Å². The number of carbonyl (C=O) groups is 1. The predicted molar refractivity (Wildman–Crippen MR) is 53.8 cm³/mol. The topological polar surface area (TPSA) is 78.3 Å². The molecule has 0 bridgehead atoms. The van der Waals surface area contributed by atoms with Gasteiger partial charge in [-0.1, -0.05) is 17.7 Å². The number of carbonyl (C=O) groups excluding carboxylic acids is 1. The van der Waals surface area contributed by atoms with Crippen molar-refractivity contribution < 1.29 is 9.53 Å². The van der Waals surface area contributed by atoms with Gasteiger partial charge in [-0.15, -0.1) is 0 Å². The average molecular weight is 194 g/mol. The number of hydrogen-bond donors (Lipinski definition) is 2. The summed E-state index contributed by atoms with van der Waals surface area (Å²) in [7, 11) is 0. The van der Waals surface area contributed by atoms with E-state index < -0.39 is 5.91 Å². The van der Waals surface area contributed by atoms with Crippen LogP contribution in [-0.4, -0.2) is 12.5 Å². The minimum atomic E-state index is -0.492. The van der Waals surface area contributed by atoms with E-state index in [0.717, 1.165) is 11.1 Å². The van der Waals surface area contributed by atoms with Crippen molar-refractivity contribution in [3.05, 3.63) is 29.3 Å². The molecule has 0 saturated carbocycles. The van der Waals surface area contributed by atoms with Gasteiger partial charge in [0.1, 0.15) is 5.75 Å². The monoisotopic (exact) mass is 194 g/mol. The summed E-state index contributed by atoms with van der Waals surface area (Å²) in [6.45, 7) is 2.24. The zero-order valence-corrected chi connectivity index (χ0v) is 8.12. The Morgan fingerprint density at radius 3 is 2.79 bits per heavy atom. The largest absolute Gasteiger partial charge is 0.483 e. The second-order valence-corrected chi connectivity index (χ2v) is 3.07. The maximum absolute atomic E-state index is 10.5. The first-order chi connectivity index (χ1) is 6.63. The Morgan fingerprint density at radius 1 is 1.50 bits per heavy atom. The minimum Gasteiger partial charge on any atom is -0.483 e. The van der Waals surface area contributed by atoms with E-state index in [9.17, 15) is 4.79 Å². The highest BCUT2D eigenvalue weighted by Gasteiger charge is 2.03. The van der Waals surface area contributed by atoms with E-state index in [-0.39, 0.29) is 6.61 Å². The molecule has 14 heavy (non-hydrogen) atoms. The van der Waals surface area contributed by atoms with Gasteiger partial charge < -0.3 is 16.2 Å². The van der Waals surface area contributed by atoms with Crippen molar-refractivity contribution in [2.75, 3.05) is 6.61 Å². The summed E-state index contributed by atoms with van der Waals surface area (Å²) in [5.41, 5.74) is 12.5. The van der Waals surface area contributed by atoms with E-state index in [4.69, 9.17) is 16.2 Å². The molecule has 0 aromatic heterocycles. The molecule has 0 fully saturated rings. The molecule has 0 atom stereocenters. The molecule has 4 N–H and O–H groups in total. The summed E-state index contributed by atoms with van der Waals surface area (Å²) in [6, 6.07) is 5.62. The van der Waals surface area contributed by atoms with Crippen LogP contribution in [0.4, 0.5) is 0 Å². The molecule has 0 saturated heterocycles. The smallest absolute Gasteiger partial charge is 0.255 e. The molecule has 0 aliphatic heterocycles. The molecule has 1 aromatic rings. The number of aryl methyl sites for hydroxylation is 1. The van der Waals surface area contributed by atoms with E-state index in [2.05, 4.69) is 0 Å². The fraction of sp³-hybridized carbons (Fsp3) is 0.300. The number of benzene rings is 1. The highest BCUT2D eigenvalue weighted by atomic mass is 16.5. The van der Waals surface area contributed by atoms with Gasteiger partial charge in [0.2, 0.25) is 0 Å². The predicted octanol–water partition coefficient (Wildman–Crippen LogP) is 0.318. The Kier molecular flexibility index (Phi) is 3.48. The van der Waals surface area contributed by atoms with Crippen LogP contribution < -0.4 is 16.2 Å². The van der Waals surface area contributed by atoms with Crippen LogP contribution in [0, 0.1) is 6.92 Å². The molecule has 0 aliphatic rings. The third-order valence-corrected chi connectivity index (χ3v) is 1.81. The van der Waals surface area contributed by atoms with Crippen LogP contribution in [0.5, 0.6) is 5.75 Å². The average Bonchev–Trinajstić information content (AvgIpc) is 2.15. The maximum Gasteiger partial charge on any atom is 0.255 e. The Bertz CT molecular complexity index is 337. The number of ether oxygens (including phenoxy) is 1. The summed E-state index contributed by atoms with van der Waals surface area (Å²) in [4.78, 5) is 10.5. The molecule has 4 heteroatoms. The fourth-order valence-electron chi connectivity index (χ4n) is 1.16. The lowest BCUT2D eigenvalue weighted by molar-refractivity contribution is -0.119. The molecule has 0 unspecified atom stereocenters. The highest BCUT2D eigenvalue weighted by molar-refractivity contribution is 5.75. The van der Waals surface area contributed by atoms with E-state index in [1.165, 1.54) is 0 Å². The molecule has 1 rings (SSSR count). The van der Waals surface area contributed by atoms with E-state index in [1.807, 2.05) is 19.1 Å². The third kappa shape index (κ3) is 2.74. The second-order valence-electron chi connectivity index (χ2n) is 3.07. The summed E-state index contributed by atoms with van der Waals surface area (Å²) in [5.74, 6) is 0.130. The summed E-state index contributed by atoms with van der Waals surface area (Å²) >= 11 is 0. The molecule has 1 aromatic carbocycles. The standard InChI is InChI=1S/C10H14N2O2/c1-7-2-3-9(8(4-7)5-11)14-6-10(12)13/h2-4H,5-6,11H2,1H3,(H2,12,13). The van der Waals surface area contributed by atoms with E-state index in [1.54, 1.807) is 6.07 Å². The zero-order valence-electron chi connectivity index (χ0n) is 8.12. The maximum atomic E-state index is 10.5. The normalized spacial score (nSPS) is 9.86. The second kappa shape index (κ2) is 4.62. The van der Waals surface area contributed by atoms with E-state index >= 15 is 0 Å². The van der Waals surface area contributed by atoms with Crippen molar-refractivity contribution in [1.29, 1.82) is 0 Å². The van der Waals surface area contributed by atoms with Crippen molar-refractivity contribution in [2.24, 2.45) is 11.5 Å². The number of hydrogen-bond acceptors (Lipinski definition) is 3. The van der Waals surface area contributed by atoms with E-state index in [0.29, 0.717) is 12.3 Å². The molecule has 76 valence electrons. The van der Waals surface area contributed by atoms with Crippen molar-refractivity contribution in [1.82, 2.24) is 0 Å². The third-order valence-electron chi connectivity index (χ3n) is 1.81. The fourth-order valence-corrected chi connectivity index (χ4v) is 1.16. The lowest BCUT2D eigenvalue weighted by Gasteiger charge is -2.09. The van der Waals surface area contributed by atoms with Crippen molar-refractivity contribution in [3.8, 4) is 5.75 Å². The van der Waals surface area contributed by atoms with Gasteiger partial charge in [-0.2, -0.15) is 0 Å². The first-order valence-corrected chi connectivity index (χ1v) is 4.34. The SMILES string of the molecule is Cc1ccc(OCC(N)=O)c(CN)c1. The van der Waals surface area contributed by atoms with Gasteiger partial charge in [0.15, 0.2) is 6.61 Å². The van der Waals surface area contributed by atoms with Gasteiger partial charge in [-0.05, 0) is 13.0 Å². The minimum absolute atomic E-state index is 0.115. The summed E-state index contributed by atoms with van der Waals surface area (Å²) in [5, 5.41) is 0. The van der Waals surface area contributed by atoms with Crippen LogP contribution in [0.1, 0.15) is 11.1 Å². The number of primary amides is 1. The zero-order chi connectivity index (χ0) is 10.6. The van der Waals surface area contributed by atoms with Gasteiger partial charge in [-0.25, -0.2) is 0 Å². The van der Waals surface area contributed by atoms with Crippen LogP contribution in [0.25, 0.3) is 0 Å². The lowest BCUT2D eigenvalue weighted by atomic mass is 10.1. The van der Waals surface area contributed by atoms with Crippen LogP contribution in [-0.2, 0) is 11.3 Å². The first-order valence-electron chi connectivity index (χ1n) is 4.34. The summed E-state index contributed by atoms with van der Waals surface area (Å²) in [6.07, 6.45) is 0. The summed E-state index contributed by atoms with van der Waals surface area (Å²) < 4.78 is 5.19. The van der Waals surface area contributed by atoms with Crippen LogP contribution >= 0.6 is 0 Å². The van der Waals surface area contributed by atoms with Gasteiger partial charge in [0.05, 0.1) is 0 Å². The quantitative estimate of drug-likeness (QED) is 0.724. The van der Waals surface area contributed by atoms with Gasteiger partial charge in [0.25, 0.3) is 5.91 Å². The van der Waals surface area contributed by atoms with Gasteiger partial charge in [0, 0.05) is 12.1 Å². The number of nitrogens with two attached hydrogens (primary N) is 2. The van der Waals surface area contributed by atoms with Gasteiger partial charge >= 0.3 is 0 Å². The molecule has 0 radical (unpaired) electrons. The first kappa shape index (κ1) is 10.5. The molecule has 0 aliphatic carbocycles. The molecular weight excluding hydrogens is 180 g/mol. The van der Waals surface area contributed by atoms with Crippen molar-refractivity contribution in [2.45, 2.75) is 13.5 Å². The van der Waals surface area contributed by atoms with Gasteiger partial charge in [-0.3, -0.25) is 4.79 Å². The number of amides is 1. The highest BCUT2D eigenvalue weighted by Crippen LogP contribution is 2.19. The Balaban J connectivity index is 2.80. The van der Waals surface area contributed by atoms with Crippen LogP contribution in [0.15, 0.2) is 18.2 Å². The molecule has 0 spiro atoms. The van der Waals surface area contributed by atoms with Crippen molar-refractivity contribution in [3.63, 3.8) is 0 Å². The Hall–Kier alpha value is -1.55. The molecule has 0 heterocycles. The molecule has 4 nitrogen and oxygen atoms in total.